The molecular formula is C21H21Cl2N3O2. The van der Waals surface area contributed by atoms with Crippen LogP contribution in [0.1, 0.15) is 31.0 Å². The predicted molar refractivity (Wildman–Crippen MR) is 113 cm³/mol. The number of hydrogen-bond donors (Lipinski definition) is 2. The lowest BCUT2D eigenvalue weighted by atomic mass is 10.0. The minimum absolute atomic E-state index is 0.0893. The molecule has 146 valence electrons. The number of benzene rings is 2. The molecule has 2 rings (SSSR count). The summed E-state index contributed by atoms with van der Waals surface area (Å²) in [5.74, 6) is 0.177. The van der Waals surface area contributed by atoms with Gasteiger partial charge in [0.25, 0.3) is 5.91 Å². The van der Waals surface area contributed by atoms with E-state index in [4.69, 9.17) is 27.9 Å². The van der Waals surface area contributed by atoms with Crippen molar-refractivity contribution in [1.82, 2.24) is 5.32 Å². The SMILES string of the molecule is CCOc1ccc(C)cc1C(C)N/C=C(/C#N)C(=O)Nc1cccc(Cl)c1Cl. The molecule has 2 aromatic carbocycles. The number of carbonyl (C=O) groups is 1. The van der Waals surface area contributed by atoms with Gasteiger partial charge < -0.3 is 15.4 Å². The highest BCUT2D eigenvalue weighted by Crippen LogP contribution is 2.30. The zero-order valence-electron chi connectivity index (χ0n) is 15.8. The summed E-state index contributed by atoms with van der Waals surface area (Å²) in [6, 6.07) is 12.5. The summed E-state index contributed by atoms with van der Waals surface area (Å²) in [6.07, 6.45) is 1.39. The molecule has 5 nitrogen and oxygen atoms in total. The maximum absolute atomic E-state index is 12.4. The van der Waals surface area contributed by atoms with Crippen molar-refractivity contribution in [1.29, 1.82) is 5.26 Å². The van der Waals surface area contributed by atoms with Crippen LogP contribution in [0.2, 0.25) is 10.0 Å². The van der Waals surface area contributed by atoms with Crippen molar-refractivity contribution in [3.05, 3.63) is 69.3 Å². The largest absolute Gasteiger partial charge is 0.494 e. The first-order valence-corrected chi connectivity index (χ1v) is 9.48. The van der Waals surface area contributed by atoms with Crippen molar-refractivity contribution in [2.24, 2.45) is 0 Å². The fourth-order valence-corrected chi connectivity index (χ4v) is 2.88. The summed E-state index contributed by atoms with van der Waals surface area (Å²) in [4.78, 5) is 12.4. The number of nitrogens with one attached hydrogen (secondary N) is 2. The first-order valence-electron chi connectivity index (χ1n) is 8.72. The fraction of sp³-hybridized carbons (Fsp3) is 0.238. The lowest BCUT2D eigenvalue weighted by Gasteiger charge is -2.18. The van der Waals surface area contributed by atoms with Crippen LogP contribution in [-0.4, -0.2) is 12.5 Å². The molecule has 0 aliphatic rings. The third-order valence-corrected chi connectivity index (χ3v) is 4.79. The number of carbonyl (C=O) groups excluding carboxylic acids is 1. The van der Waals surface area contributed by atoms with Gasteiger partial charge >= 0.3 is 0 Å². The summed E-state index contributed by atoms with van der Waals surface area (Å²) < 4.78 is 5.66. The van der Waals surface area contributed by atoms with E-state index in [0.717, 1.165) is 16.9 Å². The number of halogens is 2. The van der Waals surface area contributed by atoms with E-state index >= 15 is 0 Å². The van der Waals surface area contributed by atoms with E-state index in [1.54, 1.807) is 18.2 Å². The Morgan fingerprint density at radius 3 is 2.75 bits per heavy atom. The van der Waals surface area contributed by atoms with Crippen molar-refractivity contribution in [3.8, 4) is 11.8 Å². The molecule has 28 heavy (non-hydrogen) atoms. The maximum Gasteiger partial charge on any atom is 0.267 e. The Labute approximate surface area is 174 Å². The number of rotatable bonds is 7. The summed E-state index contributed by atoms with van der Waals surface area (Å²) in [5, 5.41) is 15.6. The smallest absolute Gasteiger partial charge is 0.267 e. The molecule has 2 N–H and O–H groups in total. The van der Waals surface area contributed by atoms with Gasteiger partial charge in [0.05, 0.1) is 28.4 Å². The minimum Gasteiger partial charge on any atom is -0.494 e. The van der Waals surface area contributed by atoms with E-state index in [9.17, 15) is 10.1 Å². The van der Waals surface area contributed by atoms with Crippen LogP contribution >= 0.6 is 23.2 Å². The molecule has 0 aliphatic carbocycles. The van der Waals surface area contributed by atoms with E-state index in [2.05, 4.69) is 10.6 Å². The molecular weight excluding hydrogens is 397 g/mol. The first-order chi connectivity index (χ1) is 13.4. The van der Waals surface area contributed by atoms with E-state index < -0.39 is 5.91 Å². The van der Waals surface area contributed by atoms with E-state index in [-0.39, 0.29) is 16.6 Å². The Hall–Kier alpha value is -2.68. The molecule has 0 aromatic heterocycles. The number of nitrogens with zero attached hydrogens (tertiary/aromatic N) is 1. The van der Waals surface area contributed by atoms with Gasteiger partial charge in [-0.25, -0.2) is 0 Å². The molecule has 0 radical (unpaired) electrons. The van der Waals surface area contributed by atoms with Crippen LogP contribution in [-0.2, 0) is 4.79 Å². The number of amides is 1. The second-order valence-electron chi connectivity index (χ2n) is 6.09. The number of hydrogen-bond acceptors (Lipinski definition) is 4. The molecule has 7 heteroatoms. The number of nitriles is 1. The van der Waals surface area contributed by atoms with Crippen molar-refractivity contribution in [2.45, 2.75) is 26.8 Å². The van der Waals surface area contributed by atoms with E-state index in [0.29, 0.717) is 17.3 Å². The normalized spacial score (nSPS) is 12.1. The van der Waals surface area contributed by atoms with Gasteiger partial charge in [0, 0.05) is 11.8 Å². The number of anilines is 1. The molecule has 0 heterocycles. The first kappa shape index (κ1) is 21.6. The Morgan fingerprint density at radius 1 is 1.32 bits per heavy atom. The molecule has 1 atom stereocenters. The molecule has 0 fully saturated rings. The van der Waals surface area contributed by atoms with Crippen LogP contribution in [0.15, 0.2) is 48.2 Å². The van der Waals surface area contributed by atoms with Crippen molar-refractivity contribution in [2.75, 3.05) is 11.9 Å². The van der Waals surface area contributed by atoms with Crippen LogP contribution in [0.25, 0.3) is 0 Å². The highest BCUT2D eigenvalue weighted by Gasteiger charge is 2.15. The standard InChI is InChI=1S/C21H21Cl2N3O2/c1-4-28-19-9-8-13(2)10-16(19)14(3)25-12-15(11-24)21(27)26-18-7-5-6-17(22)20(18)23/h5-10,12,14,25H,4H2,1-3H3,(H,26,27)/b15-12-. The Balaban J connectivity index is 2.17. The van der Waals surface area contributed by atoms with Crippen molar-refractivity contribution >= 4 is 34.8 Å². The third-order valence-electron chi connectivity index (χ3n) is 3.97. The lowest BCUT2D eigenvalue weighted by molar-refractivity contribution is -0.112. The Morgan fingerprint density at radius 2 is 2.07 bits per heavy atom. The molecule has 0 aliphatic heterocycles. The molecule has 0 bridgehead atoms. The average Bonchev–Trinajstić information content (AvgIpc) is 2.67. The summed E-state index contributed by atoms with van der Waals surface area (Å²) >= 11 is 12.0. The van der Waals surface area contributed by atoms with Gasteiger partial charge in [-0.15, -0.1) is 0 Å². The minimum atomic E-state index is -0.583. The number of aryl methyl sites for hydroxylation is 1. The van der Waals surface area contributed by atoms with Crippen LogP contribution in [0.4, 0.5) is 5.69 Å². The van der Waals surface area contributed by atoms with E-state index in [1.807, 2.05) is 45.0 Å². The van der Waals surface area contributed by atoms with Gasteiger partial charge in [-0.3, -0.25) is 4.79 Å². The molecule has 1 unspecified atom stereocenters. The Bertz CT molecular complexity index is 936. The zero-order valence-corrected chi connectivity index (χ0v) is 17.4. The van der Waals surface area contributed by atoms with Gasteiger partial charge in [-0.1, -0.05) is 47.0 Å². The second kappa shape index (κ2) is 10.0. The quantitative estimate of drug-likeness (QED) is 0.467. The van der Waals surface area contributed by atoms with Gasteiger partial charge in [0.2, 0.25) is 0 Å². The number of ether oxygens (including phenoxy) is 1. The predicted octanol–water partition coefficient (Wildman–Crippen LogP) is 5.40. The van der Waals surface area contributed by atoms with Crippen LogP contribution in [0, 0.1) is 18.3 Å². The molecule has 0 saturated heterocycles. The van der Waals surface area contributed by atoms with Crippen LogP contribution in [0.5, 0.6) is 5.75 Å². The Kier molecular flexibility index (Phi) is 7.74. The lowest BCUT2D eigenvalue weighted by Crippen LogP contribution is -2.19. The van der Waals surface area contributed by atoms with Gasteiger partial charge in [-0.2, -0.15) is 5.26 Å². The van der Waals surface area contributed by atoms with E-state index in [1.165, 1.54) is 6.20 Å². The zero-order chi connectivity index (χ0) is 20.7. The molecule has 0 saturated carbocycles. The summed E-state index contributed by atoms with van der Waals surface area (Å²) in [6.45, 7) is 6.38. The van der Waals surface area contributed by atoms with Crippen LogP contribution in [0.3, 0.4) is 0 Å². The average molecular weight is 418 g/mol. The highest BCUT2D eigenvalue weighted by molar-refractivity contribution is 6.44. The van der Waals surface area contributed by atoms with Crippen molar-refractivity contribution < 1.29 is 9.53 Å². The molecule has 0 spiro atoms. The summed E-state index contributed by atoms with van der Waals surface area (Å²) in [7, 11) is 0. The van der Waals surface area contributed by atoms with Crippen molar-refractivity contribution in [3.63, 3.8) is 0 Å². The highest BCUT2D eigenvalue weighted by atomic mass is 35.5. The molecule has 1 amide bonds. The van der Waals surface area contributed by atoms with Gasteiger partial charge in [0.15, 0.2) is 0 Å². The molecule has 2 aromatic rings. The summed E-state index contributed by atoms with van der Waals surface area (Å²) in [5.41, 5.74) is 2.28. The topological polar surface area (TPSA) is 74.1 Å². The monoisotopic (exact) mass is 417 g/mol. The van der Waals surface area contributed by atoms with Gasteiger partial charge in [0.1, 0.15) is 17.4 Å². The second-order valence-corrected chi connectivity index (χ2v) is 6.87. The van der Waals surface area contributed by atoms with Gasteiger partial charge in [-0.05, 0) is 39.0 Å². The third kappa shape index (κ3) is 5.41. The maximum atomic E-state index is 12.4. The van der Waals surface area contributed by atoms with Crippen LogP contribution < -0.4 is 15.4 Å². The fourth-order valence-electron chi connectivity index (χ4n) is 2.53.